The summed E-state index contributed by atoms with van der Waals surface area (Å²) in [6, 6.07) is 20.6. The second-order valence-corrected chi connectivity index (χ2v) is 6.88. The van der Waals surface area contributed by atoms with E-state index in [-0.39, 0.29) is 12.1 Å². The van der Waals surface area contributed by atoms with E-state index in [4.69, 9.17) is 0 Å². The van der Waals surface area contributed by atoms with Crippen molar-refractivity contribution in [2.45, 2.75) is 33.0 Å². The van der Waals surface area contributed by atoms with Crippen LogP contribution in [0.5, 0.6) is 0 Å². The third-order valence-corrected chi connectivity index (χ3v) is 5.09. The molecule has 0 saturated carbocycles. The average Bonchev–Trinajstić information content (AvgIpc) is 3.11. The summed E-state index contributed by atoms with van der Waals surface area (Å²) < 4.78 is 2.19. The number of fused-ring (bicyclic) bond motifs is 3. The number of urea groups is 1. The third-order valence-electron chi connectivity index (χ3n) is 5.09. The lowest BCUT2D eigenvalue weighted by molar-refractivity contribution is 0.175. The molecule has 1 aromatic heterocycles. The number of carbonyl (C=O) groups is 1. The fraction of sp³-hybridized carbons (Fsp3) is 0.227. The van der Waals surface area contributed by atoms with Gasteiger partial charge in [-0.3, -0.25) is 0 Å². The zero-order chi connectivity index (χ0) is 18.1. The summed E-state index contributed by atoms with van der Waals surface area (Å²) in [5, 5.41) is 3.08. The number of carbonyl (C=O) groups excluding carboxylic acids is 1. The minimum Gasteiger partial charge on any atom is -0.334 e. The second-order valence-electron chi connectivity index (χ2n) is 6.88. The monoisotopic (exact) mass is 345 g/mol. The van der Waals surface area contributed by atoms with E-state index in [1.165, 1.54) is 5.56 Å². The maximum absolute atomic E-state index is 12.9. The zero-order valence-corrected chi connectivity index (χ0v) is 15.1. The Labute approximate surface area is 154 Å². The van der Waals surface area contributed by atoms with Crippen molar-refractivity contribution >= 4 is 6.03 Å². The number of aryl methyl sites for hydroxylation is 1. The Hall–Kier alpha value is -3.01. The van der Waals surface area contributed by atoms with Gasteiger partial charge in [-0.15, -0.1) is 0 Å². The lowest BCUT2D eigenvalue weighted by Crippen LogP contribution is -2.40. The van der Waals surface area contributed by atoms with Crippen molar-refractivity contribution in [2.24, 2.45) is 0 Å². The highest BCUT2D eigenvalue weighted by Gasteiger charge is 2.28. The van der Waals surface area contributed by atoms with Crippen molar-refractivity contribution in [3.63, 3.8) is 0 Å². The summed E-state index contributed by atoms with van der Waals surface area (Å²) in [5.41, 5.74) is 5.75. The summed E-state index contributed by atoms with van der Waals surface area (Å²) in [6.07, 6.45) is 2.07. The van der Waals surface area contributed by atoms with E-state index in [2.05, 4.69) is 72.4 Å². The molecule has 2 heterocycles. The minimum absolute atomic E-state index is 0.00424. The Bertz CT molecular complexity index is 927. The van der Waals surface area contributed by atoms with Gasteiger partial charge in [0.2, 0.25) is 0 Å². The number of benzene rings is 2. The molecule has 4 heteroatoms. The minimum atomic E-state index is -0.0393. The number of para-hydroxylation sites is 1. The molecule has 0 bridgehead atoms. The second kappa shape index (κ2) is 6.71. The van der Waals surface area contributed by atoms with E-state index in [1.54, 1.807) is 0 Å². The van der Waals surface area contributed by atoms with Crippen LogP contribution < -0.4 is 5.32 Å². The molecule has 0 saturated heterocycles. The molecule has 132 valence electrons. The Morgan fingerprint density at radius 1 is 1.08 bits per heavy atom. The normalized spacial score (nSPS) is 15.8. The van der Waals surface area contributed by atoms with Crippen LogP contribution in [0.25, 0.3) is 5.69 Å². The molecule has 0 fully saturated rings. The van der Waals surface area contributed by atoms with Crippen molar-refractivity contribution in [1.29, 1.82) is 0 Å². The molecule has 0 radical (unpaired) electrons. The molecule has 3 aromatic rings. The van der Waals surface area contributed by atoms with Crippen LogP contribution in [0.3, 0.4) is 0 Å². The van der Waals surface area contributed by atoms with Gasteiger partial charge in [-0.1, -0.05) is 48.0 Å². The number of nitrogens with one attached hydrogen (secondary N) is 1. The van der Waals surface area contributed by atoms with Crippen LogP contribution in [0.15, 0.2) is 66.9 Å². The van der Waals surface area contributed by atoms with Gasteiger partial charge in [-0.25, -0.2) is 4.79 Å². The van der Waals surface area contributed by atoms with Crippen LogP contribution in [0.1, 0.15) is 35.3 Å². The maximum atomic E-state index is 12.9. The summed E-state index contributed by atoms with van der Waals surface area (Å²) in [6.45, 7) is 5.28. The van der Waals surface area contributed by atoms with Crippen LogP contribution in [-0.4, -0.2) is 15.5 Å². The maximum Gasteiger partial charge on any atom is 0.318 e. The van der Waals surface area contributed by atoms with Crippen molar-refractivity contribution in [1.82, 2.24) is 14.8 Å². The number of nitrogens with zero attached hydrogens (tertiary/aromatic N) is 2. The summed E-state index contributed by atoms with van der Waals surface area (Å²) >= 11 is 0. The van der Waals surface area contributed by atoms with E-state index in [0.29, 0.717) is 13.1 Å². The van der Waals surface area contributed by atoms with Crippen molar-refractivity contribution in [3.05, 3.63) is 89.2 Å². The molecule has 1 aliphatic rings. The van der Waals surface area contributed by atoms with Gasteiger partial charge in [-0.2, -0.15) is 0 Å². The molecule has 0 spiro atoms. The quantitative estimate of drug-likeness (QED) is 0.726. The van der Waals surface area contributed by atoms with Gasteiger partial charge < -0.3 is 14.8 Å². The van der Waals surface area contributed by atoms with Crippen molar-refractivity contribution in [2.75, 3.05) is 0 Å². The lowest BCUT2D eigenvalue weighted by Gasteiger charge is -2.27. The molecule has 1 atom stereocenters. The fourth-order valence-electron chi connectivity index (χ4n) is 3.55. The summed E-state index contributed by atoms with van der Waals surface area (Å²) in [5.74, 6) is 0. The SMILES string of the molecule is Cc1ccc(CNC(=O)N2Cc3ccccc3-n3cccc3[C@H]2C)cc1. The van der Waals surface area contributed by atoms with Gasteiger partial charge in [0.05, 0.1) is 18.3 Å². The van der Waals surface area contributed by atoms with E-state index in [1.807, 2.05) is 23.1 Å². The first-order valence-corrected chi connectivity index (χ1v) is 8.99. The van der Waals surface area contributed by atoms with Gasteiger partial charge in [0.15, 0.2) is 0 Å². The highest BCUT2D eigenvalue weighted by Crippen LogP contribution is 2.31. The Morgan fingerprint density at radius 3 is 2.65 bits per heavy atom. The number of aromatic nitrogens is 1. The largest absolute Gasteiger partial charge is 0.334 e. The molecule has 2 aromatic carbocycles. The first-order valence-electron chi connectivity index (χ1n) is 8.99. The van der Waals surface area contributed by atoms with Gasteiger partial charge >= 0.3 is 6.03 Å². The number of hydrogen-bond donors (Lipinski definition) is 1. The Kier molecular flexibility index (Phi) is 4.25. The van der Waals surface area contributed by atoms with Gasteiger partial charge in [0, 0.05) is 18.4 Å². The predicted octanol–water partition coefficient (Wildman–Crippen LogP) is 4.57. The van der Waals surface area contributed by atoms with E-state index in [9.17, 15) is 4.79 Å². The van der Waals surface area contributed by atoms with Crippen LogP contribution in [0.4, 0.5) is 4.79 Å². The van der Waals surface area contributed by atoms with Crippen LogP contribution in [0.2, 0.25) is 0 Å². The highest BCUT2D eigenvalue weighted by molar-refractivity contribution is 5.75. The Balaban J connectivity index is 1.58. The number of amides is 2. The van der Waals surface area contributed by atoms with E-state index >= 15 is 0 Å². The molecule has 0 unspecified atom stereocenters. The third kappa shape index (κ3) is 2.99. The average molecular weight is 345 g/mol. The first kappa shape index (κ1) is 16.5. The van der Waals surface area contributed by atoms with Gasteiger partial charge in [-0.05, 0) is 43.2 Å². The smallest absolute Gasteiger partial charge is 0.318 e. The standard InChI is InChI=1S/C22H23N3O/c1-16-9-11-18(12-10-16)14-23-22(26)25-15-19-6-3-4-7-21(19)24-13-5-8-20(24)17(25)2/h3-13,17H,14-15H2,1-2H3,(H,23,26)/t17-/m1/s1. The molecular weight excluding hydrogens is 322 g/mol. The van der Waals surface area contributed by atoms with E-state index < -0.39 is 0 Å². The summed E-state index contributed by atoms with van der Waals surface area (Å²) in [7, 11) is 0. The molecule has 26 heavy (non-hydrogen) atoms. The predicted molar refractivity (Wildman–Crippen MR) is 103 cm³/mol. The van der Waals surface area contributed by atoms with Gasteiger partial charge in [0.1, 0.15) is 0 Å². The first-order chi connectivity index (χ1) is 12.6. The molecule has 4 nitrogen and oxygen atoms in total. The van der Waals surface area contributed by atoms with Crippen LogP contribution >= 0.6 is 0 Å². The molecule has 1 N–H and O–H groups in total. The number of rotatable bonds is 2. The molecule has 0 aliphatic carbocycles. The Morgan fingerprint density at radius 2 is 1.85 bits per heavy atom. The number of hydrogen-bond acceptors (Lipinski definition) is 1. The molecular formula is C22H23N3O. The lowest BCUT2D eigenvalue weighted by atomic mass is 10.1. The van der Waals surface area contributed by atoms with E-state index in [0.717, 1.165) is 22.5 Å². The van der Waals surface area contributed by atoms with Crippen molar-refractivity contribution < 1.29 is 4.79 Å². The molecule has 1 aliphatic heterocycles. The van der Waals surface area contributed by atoms with Crippen LogP contribution in [-0.2, 0) is 13.1 Å². The van der Waals surface area contributed by atoms with Gasteiger partial charge in [0.25, 0.3) is 0 Å². The molecule has 2 amide bonds. The zero-order valence-electron chi connectivity index (χ0n) is 15.1. The molecule has 4 rings (SSSR count). The highest BCUT2D eigenvalue weighted by atomic mass is 16.2. The van der Waals surface area contributed by atoms with Crippen molar-refractivity contribution in [3.8, 4) is 5.69 Å². The fourth-order valence-corrected chi connectivity index (χ4v) is 3.55. The van der Waals surface area contributed by atoms with Crippen LogP contribution in [0, 0.1) is 6.92 Å². The summed E-state index contributed by atoms with van der Waals surface area (Å²) in [4.78, 5) is 14.9. The topological polar surface area (TPSA) is 37.3 Å².